The number of hydrogen-bond acceptors (Lipinski definition) is 10. The number of aryl methyl sites for hydroxylation is 1. The number of carbonyl (C=O) groups excluding carboxylic acids is 6. The molecule has 0 saturated carbocycles. The van der Waals surface area contributed by atoms with Crippen LogP contribution in [0.25, 0.3) is 0 Å². The quantitative estimate of drug-likeness (QED) is 0.0315. The van der Waals surface area contributed by atoms with E-state index in [0.717, 1.165) is 16.7 Å². The number of hydrogen-bond donors (Lipinski definition) is 4. The fraction of sp³-hybridized carbons (Fsp3) is 0.500. The van der Waals surface area contributed by atoms with E-state index in [4.69, 9.17) is 25.4 Å². The number of rotatable bonds is 25. The molecule has 15 nitrogen and oxygen atoms in total. The van der Waals surface area contributed by atoms with Crippen molar-refractivity contribution < 1.29 is 52.2 Å². The van der Waals surface area contributed by atoms with Crippen LogP contribution in [0.15, 0.2) is 78.9 Å². The summed E-state index contributed by atoms with van der Waals surface area (Å²) < 4.78 is 22.5. The summed E-state index contributed by atoms with van der Waals surface area (Å²) in [6.45, 7) is 13.3. The fourth-order valence-electron chi connectivity index (χ4n) is 8.28. The number of nitrogens with zero attached hydrogens (tertiary/aromatic N) is 1. The molecule has 4 amide bonds. The number of ether oxygens (including phenoxy) is 4. The second-order valence-corrected chi connectivity index (χ2v) is 18.7. The van der Waals surface area contributed by atoms with Gasteiger partial charge in [0.25, 0.3) is 5.91 Å². The van der Waals surface area contributed by atoms with Crippen LogP contribution < -0.4 is 30.7 Å². The maximum Gasteiger partial charge on any atom is 0.308 e. The fourth-order valence-corrected chi connectivity index (χ4v) is 8.28. The number of esters is 1. The Morgan fingerprint density at radius 2 is 1.30 bits per heavy atom. The Labute approximate surface area is 395 Å². The lowest BCUT2D eigenvalue weighted by atomic mass is 9.93. The summed E-state index contributed by atoms with van der Waals surface area (Å²) in [5.74, 6) is 0.255. The third-order valence-electron chi connectivity index (χ3n) is 11.9. The average Bonchev–Trinajstić information content (AvgIpc) is 4.05. The maximum atomic E-state index is 14.5. The molecule has 4 N–H and O–H groups in total. The number of morpholine rings is 1. The first-order valence-electron chi connectivity index (χ1n) is 23.2. The molecular formula is C52H68N5O10+. The molecule has 0 aliphatic carbocycles. The molecule has 2 aliphatic rings. The largest absolute Gasteiger partial charge is 0.477 e. The van der Waals surface area contributed by atoms with E-state index in [2.05, 4.69) is 27.2 Å². The Morgan fingerprint density at radius 3 is 1.90 bits per heavy atom. The number of epoxide rings is 1. The van der Waals surface area contributed by atoms with Crippen molar-refractivity contribution in [2.45, 2.75) is 110 Å². The van der Waals surface area contributed by atoms with Gasteiger partial charge in [0.15, 0.2) is 23.8 Å². The molecule has 5 atom stereocenters. The van der Waals surface area contributed by atoms with Crippen molar-refractivity contribution >= 4 is 35.4 Å². The highest BCUT2D eigenvalue weighted by Crippen LogP contribution is 2.31. The van der Waals surface area contributed by atoms with E-state index in [1.165, 1.54) is 6.92 Å². The Kier molecular flexibility index (Phi) is 19.1. The standard InChI is InChI=1S/C52H67N5O10/c1-8-25-65-46-31-40(20-22-45(46)67-37(6)58)32-57(23-26-64-27-24-57)33-47(59)53-41(21-19-38-15-11-9-12-16-38)49(61)55-43(29-36(4)5)50(62)56-44(30-39-17-13-10-14-18-39)51(63)54-42(28-35(2)3)48(60)52(7)34-66-52/h1,9-18,20,22,31,35-36,41-44H,19,21,23-30,32-34H2,2-7H3,(H3-,53,54,55,56,59,61,62,63)/p+1/t41-,42?,43?,44-,52+/m0/s1. The Balaban J connectivity index is 1.36. The van der Waals surface area contributed by atoms with Crippen molar-refractivity contribution in [1.82, 2.24) is 21.3 Å². The Morgan fingerprint density at radius 1 is 0.731 bits per heavy atom. The number of terminal acetylenes is 1. The van der Waals surface area contributed by atoms with Crippen LogP contribution in [0.4, 0.5) is 0 Å². The molecule has 15 heteroatoms. The summed E-state index contributed by atoms with van der Waals surface area (Å²) in [7, 11) is 0. The van der Waals surface area contributed by atoms with Crippen molar-refractivity contribution in [3.8, 4) is 23.8 Å². The molecular weight excluding hydrogens is 855 g/mol. The molecule has 2 fully saturated rings. The summed E-state index contributed by atoms with van der Waals surface area (Å²) in [5.41, 5.74) is 1.61. The molecule has 2 aliphatic heterocycles. The SMILES string of the molecule is C#CCOc1cc(C[N+]2(CC(=O)N[C@@H](CCc3ccccc3)C(=O)NC(CC(C)C)C(=O)N[C@@H](Cc3ccccc3)C(=O)NC(CC(C)C)C(=O)[C@@]3(C)CO3)CCOCC2)ccc1OC(C)=O. The van der Waals surface area contributed by atoms with Crippen LogP contribution in [0, 0.1) is 24.2 Å². The highest BCUT2D eigenvalue weighted by molar-refractivity contribution is 5.98. The number of Topliss-reactive ketones (excluding diaryl/α,β-unsaturated/α-hetero) is 1. The van der Waals surface area contributed by atoms with Gasteiger partial charge in [-0.15, -0.1) is 6.42 Å². The lowest BCUT2D eigenvalue weighted by Gasteiger charge is -2.41. The summed E-state index contributed by atoms with van der Waals surface area (Å²) in [5, 5.41) is 11.8. The van der Waals surface area contributed by atoms with Crippen LogP contribution in [0.5, 0.6) is 11.5 Å². The lowest BCUT2D eigenvalue weighted by Crippen LogP contribution is -2.61. The van der Waals surface area contributed by atoms with Gasteiger partial charge in [-0.25, -0.2) is 0 Å². The smallest absolute Gasteiger partial charge is 0.308 e. The van der Waals surface area contributed by atoms with E-state index in [1.807, 2.05) is 94.4 Å². The molecule has 0 aromatic heterocycles. The van der Waals surface area contributed by atoms with E-state index in [0.29, 0.717) is 55.9 Å². The van der Waals surface area contributed by atoms with Crippen molar-refractivity contribution in [2.24, 2.45) is 11.8 Å². The zero-order valence-corrected chi connectivity index (χ0v) is 39.8. The molecule has 2 heterocycles. The second-order valence-electron chi connectivity index (χ2n) is 18.7. The first kappa shape index (κ1) is 51.9. The number of amides is 4. The molecule has 0 spiro atoms. The third kappa shape index (κ3) is 16.3. The maximum absolute atomic E-state index is 14.5. The van der Waals surface area contributed by atoms with Crippen molar-refractivity contribution in [2.75, 3.05) is 46.1 Å². The van der Waals surface area contributed by atoms with Gasteiger partial charge >= 0.3 is 5.97 Å². The molecule has 360 valence electrons. The van der Waals surface area contributed by atoms with Crippen LogP contribution in [-0.2, 0) is 57.6 Å². The molecule has 0 bridgehead atoms. The molecule has 0 radical (unpaired) electrons. The van der Waals surface area contributed by atoms with Crippen molar-refractivity contribution in [3.05, 3.63) is 95.6 Å². The Bertz CT molecular complexity index is 2200. The zero-order valence-electron chi connectivity index (χ0n) is 39.8. The Hall–Kier alpha value is -6.08. The van der Waals surface area contributed by atoms with Gasteiger partial charge in [0, 0.05) is 18.9 Å². The molecule has 3 aromatic rings. The summed E-state index contributed by atoms with van der Waals surface area (Å²) in [6, 6.07) is 20.0. The highest BCUT2D eigenvalue weighted by atomic mass is 16.6. The topological polar surface area (TPSA) is 191 Å². The van der Waals surface area contributed by atoms with Crippen LogP contribution in [0.3, 0.4) is 0 Å². The van der Waals surface area contributed by atoms with Crippen molar-refractivity contribution in [1.29, 1.82) is 0 Å². The second kappa shape index (κ2) is 24.6. The summed E-state index contributed by atoms with van der Waals surface area (Å²) >= 11 is 0. The van der Waals surface area contributed by atoms with E-state index in [-0.39, 0.29) is 68.3 Å². The van der Waals surface area contributed by atoms with Gasteiger partial charge in [-0.3, -0.25) is 28.8 Å². The minimum Gasteiger partial charge on any atom is -0.477 e. The number of benzene rings is 3. The normalized spacial score (nSPS) is 18.0. The summed E-state index contributed by atoms with van der Waals surface area (Å²) in [6.07, 6.45) is 6.91. The highest BCUT2D eigenvalue weighted by Gasteiger charge is 2.50. The summed E-state index contributed by atoms with van der Waals surface area (Å²) in [4.78, 5) is 82.6. The monoisotopic (exact) mass is 922 g/mol. The molecule has 5 rings (SSSR count). The van der Waals surface area contributed by atoms with E-state index in [9.17, 15) is 28.8 Å². The first-order valence-corrected chi connectivity index (χ1v) is 23.2. The van der Waals surface area contributed by atoms with Crippen LogP contribution in [-0.4, -0.2) is 116 Å². The van der Waals surface area contributed by atoms with Crippen LogP contribution >= 0.6 is 0 Å². The van der Waals surface area contributed by atoms with E-state index < -0.39 is 53.5 Å². The van der Waals surface area contributed by atoms with Gasteiger partial charge < -0.3 is 44.7 Å². The molecule has 3 aromatic carbocycles. The zero-order chi connectivity index (χ0) is 48.6. The van der Waals surface area contributed by atoms with Gasteiger partial charge in [0.1, 0.15) is 50.0 Å². The van der Waals surface area contributed by atoms with Gasteiger partial charge in [0.05, 0.1) is 25.9 Å². The molecule has 2 saturated heterocycles. The minimum atomic E-state index is -1.09. The predicted octanol–water partition coefficient (Wildman–Crippen LogP) is 4.24. The van der Waals surface area contributed by atoms with Gasteiger partial charge in [-0.1, -0.05) is 94.3 Å². The van der Waals surface area contributed by atoms with E-state index >= 15 is 0 Å². The minimum absolute atomic E-state index is 0.0164. The van der Waals surface area contributed by atoms with Gasteiger partial charge in [-0.05, 0) is 73.8 Å². The van der Waals surface area contributed by atoms with E-state index in [1.54, 1.807) is 19.1 Å². The number of nitrogens with one attached hydrogen (secondary N) is 4. The van der Waals surface area contributed by atoms with Crippen LogP contribution in [0.1, 0.15) is 77.5 Å². The lowest BCUT2D eigenvalue weighted by molar-refractivity contribution is -0.940. The number of quaternary nitrogens is 1. The van der Waals surface area contributed by atoms with Crippen LogP contribution in [0.2, 0.25) is 0 Å². The number of carbonyl (C=O) groups is 6. The van der Waals surface area contributed by atoms with Gasteiger partial charge in [0.2, 0.25) is 17.7 Å². The first-order chi connectivity index (χ1) is 32.0. The number of ketones is 1. The predicted molar refractivity (Wildman–Crippen MR) is 252 cm³/mol. The van der Waals surface area contributed by atoms with Crippen molar-refractivity contribution in [3.63, 3.8) is 0 Å². The average molecular weight is 923 g/mol. The third-order valence-corrected chi connectivity index (χ3v) is 11.9. The van der Waals surface area contributed by atoms with Gasteiger partial charge in [-0.2, -0.15) is 0 Å². The molecule has 67 heavy (non-hydrogen) atoms. The molecule has 2 unspecified atom stereocenters.